The molecule has 6 heteroatoms. The van der Waals surface area contributed by atoms with E-state index in [4.69, 9.17) is 4.74 Å². The summed E-state index contributed by atoms with van der Waals surface area (Å²) in [7, 11) is 3.40. The van der Waals surface area contributed by atoms with E-state index in [1.54, 1.807) is 31.2 Å². The standard InChI is InChI=1S/C18H24N4O2/c1-5-6-11-22(3)18(23)14-8-10-17(21-20-14)19-15-12-13(2)7-9-16(15)24-4/h7-10,12H,5-6,11H2,1-4H3,(H,19,21). The molecular weight excluding hydrogens is 304 g/mol. The number of unbranched alkanes of at least 4 members (excludes halogenated alkanes) is 1. The molecule has 0 saturated carbocycles. The second-order valence-corrected chi connectivity index (χ2v) is 5.71. The largest absolute Gasteiger partial charge is 0.495 e. The van der Waals surface area contributed by atoms with Gasteiger partial charge in [-0.15, -0.1) is 10.2 Å². The first-order valence-electron chi connectivity index (χ1n) is 8.06. The zero-order valence-corrected chi connectivity index (χ0v) is 14.7. The molecule has 128 valence electrons. The average Bonchev–Trinajstić information content (AvgIpc) is 2.60. The highest BCUT2D eigenvalue weighted by molar-refractivity contribution is 5.92. The molecule has 2 aromatic rings. The zero-order valence-electron chi connectivity index (χ0n) is 14.7. The van der Waals surface area contributed by atoms with Crippen LogP contribution < -0.4 is 10.1 Å². The molecule has 0 spiro atoms. The predicted octanol–water partition coefficient (Wildman–Crippen LogP) is 3.41. The first kappa shape index (κ1) is 17.7. The molecule has 0 aliphatic carbocycles. The van der Waals surface area contributed by atoms with Gasteiger partial charge in [0.15, 0.2) is 11.5 Å². The Morgan fingerprint density at radius 3 is 2.67 bits per heavy atom. The Bertz CT molecular complexity index is 686. The van der Waals surface area contributed by atoms with Crippen LogP contribution in [0, 0.1) is 6.92 Å². The Kier molecular flexibility index (Phi) is 6.12. The second-order valence-electron chi connectivity index (χ2n) is 5.71. The summed E-state index contributed by atoms with van der Waals surface area (Å²) in [6.07, 6.45) is 2.02. The summed E-state index contributed by atoms with van der Waals surface area (Å²) < 4.78 is 5.33. The third-order valence-corrected chi connectivity index (χ3v) is 3.70. The predicted molar refractivity (Wildman–Crippen MR) is 94.9 cm³/mol. The van der Waals surface area contributed by atoms with Crippen LogP contribution in [0.2, 0.25) is 0 Å². The Hall–Kier alpha value is -2.63. The summed E-state index contributed by atoms with van der Waals surface area (Å²) in [5.74, 6) is 1.17. The summed E-state index contributed by atoms with van der Waals surface area (Å²) in [4.78, 5) is 13.9. The lowest BCUT2D eigenvalue weighted by molar-refractivity contribution is 0.0786. The molecule has 6 nitrogen and oxygen atoms in total. The van der Waals surface area contributed by atoms with E-state index in [1.165, 1.54) is 0 Å². The van der Waals surface area contributed by atoms with Gasteiger partial charge in [-0.25, -0.2) is 0 Å². The minimum atomic E-state index is -0.115. The normalized spacial score (nSPS) is 10.3. The van der Waals surface area contributed by atoms with Gasteiger partial charge in [0.1, 0.15) is 5.75 Å². The number of methoxy groups -OCH3 is 1. The number of hydrogen-bond acceptors (Lipinski definition) is 5. The number of carbonyl (C=O) groups is 1. The van der Waals surface area contributed by atoms with Crippen LogP contribution in [0.4, 0.5) is 11.5 Å². The molecule has 1 heterocycles. The van der Waals surface area contributed by atoms with Gasteiger partial charge in [-0.05, 0) is 43.2 Å². The van der Waals surface area contributed by atoms with Crippen LogP contribution in [0.15, 0.2) is 30.3 Å². The molecule has 0 saturated heterocycles. The van der Waals surface area contributed by atoms with E-state index in [1.807, 2.05) is 25.1 Å². The molecule has 0 bridgehead atoms. The molecule has 1 N–H and O–H groups in total. The van der Waals surface area contributed by atoms with Crippen LogP contribution in [0.25, 0.3) is 0 Å². The maximum absolute atomic E-state index is 12.2. The van der Waals surface area contributed by atoms with Crippen molar-refractivity contribution in [3.05, 3.63) is 41.6 Å². The van der Waals surface area contributed by atoms with Crippen molar-refractivity contribution in [3.8, 4) is 5.75 Å². The van der Waals surface area contributed by atoms with Crippen molar-refractivity contribution in [1.82, 2.24) is 15.1 Å². The van der Waals surface area contributed by atoms with Crippen molar-refractivity contribution in [2.24, 2.45) is 0 Å². The molecule has 2 rings (SSSR count). The Balaban J connectivity index is 2.10. The minimum Gasteiger partial charge on any atom is -0.495 e. The molecule has 1 aromatic heterocycles. The third-order valence-electron chi connectivity index (χ3n) is 3.70. The quantitative estimate of drug-likeness (QED) is 0.843. The summed E-state index contributed by atoms with van der Waals surface area (Å²) >= 11 is 0. The lowest BCUT2D eigenvalue weighted by atomic mass is 10.2. The van der Waals surface area contributed by atoms with E-state index in [0.717, 1.165) is 36.4 Å². The van der Waals surface area contributed by atoms with Gasteiger partial charge in [-0.1, -0.05) is 19.4 Å². The van der Waals surface area contributed by atoms with Crippen molar-refractivity contribution in [2.45, 2.75) is 26.7 Å². The van der Waals surface area contributed by atoms with Crippen molar-refractivity contribution < 1.29 is 9.53 Å². The lowest BCUT2D eigenvalue weighted by Crippen LogP contribution is -2.28. The number of nitrogens with zero attached hydrogens (tertiary/aromatic N) is 3. The van der Waals surface area contributed by atoms with Crippen LogP contribution in [0.1, 0.15) is 35.8 Å². The smallest absolute Gasteiger partial charge is 0.274 e. The van der Waals surface area contributed by atoms with Gasteiger partial charge in [0.05, 0.1) is 12.8 Å². The van der Waals surface area contributed by atoms with Gasteiger partial charge in [-0.2, -0.15) is 0 Å². The van der Waals surface area contributed by atoms with Crippen LogP contribution >= 0.6 is 0 Å². The maximum atomic E-state index is 12.2. The molecule has 0 aliphatic rings. The second kappa shape index (κ2) is 8.29. The minimum absolute atomic E-state index is 0.115. The fourth-order valence-corrected chi connectivity index (χ4v) is 2.26. The number of aromatic nitrogens is 2. The number of nitrogens with one attached hydrogen (secondary N) is 1. The van der Waals surface area contributed by atoms with Crippen molar-refractivity contribution in [3.63, 3.8) is 0 Å². The number of aryl methyl sites for hydroxylation is 1. The molecule has 0 fully saturated rings. The van der Waals surface area contributed by atoms with Gasteiger partial charge >= 0.3 is 0 Å². The van der Waals surface area contributed by atoms with Gasteiger partial charge in [-0.3, -0.25) is 4.79 Å². The molecular formula is C18H24N4O2. The monoisotopic (exact) mass is 328 g/mol. The van der Waals surface area contributed by atoms with Crippen molar-refractivity contribution >= 4 is 17.4 Å². The van der Waals surface area contributed by atoms with Gasteiger partial charge in [0.25, 0.3) is 5.91 Å². The number of carbonyl (C=O) groups excluding carboxylic acids is 1. The van der Waals surface area contributed by atoms with E-state index in [0.29, 0.717) is 11.5 Å². The average molecular weight is 328 g/mol. The van der Waals surface area contributed by atoms with Crippen LogP contribution in [0.3, 0.4) is 0 Å². The van der Waals surface area contributed by atoms with Crippen molar-refractivity contribution in [2.75, 3.05) is 26.0 Å². The molecule has 1 aromatic carbocycles. The molecule has 24 heavy (non-hydrogen) atoms. The van der Waals surface area contributed by atoms with Crippen LogP contribution in [-0.4, -0.2) is 41.7 Å². The molecule has 0 aliphatic heterocycles. The number of anilines is 2. The number of hydrogen-bond donors (Lipinski definition) is 1. The lowest BCUT2D eigenvalue weighted by Gasteiger charge is -2.16. The third kappa shape index (κ3) is 4.44. The number of amides is 1. The number of ether oxygens (including phenoxy) is 1. The Labute approximate surface area is 142 Å². The van der Waals surface area contributed by atoms with Gasteiger partial charge in [0, 0.05) is 13.6 Å². The first-order chi connectivity index (χ1) is 11.5. The Morgan fingerprint density at radius 1 is 1.25 bits per heavy atom. The van der Waals surface area contributed by atoms with E-state index >= 15 is 0 Å². The highest BCUT2D eigenvalue weighted by Crippen LogP contribution is 2.27. The summed E-state index contributed by atoms with van der Waals surface area (Å²) in [6.45, 7) is 4.82. The van der Waals surface area contributed by atoms with E-state index in [9.17, 15) is 4.79 Å². The SMILES string of the molecule is CCCCN(C)C(=O)c1ccc(Nc2cc(C)ccc2OC)nn1. The first-order valence-corrected chi connectivity index (χ1v) is 8.06. The van der Waals surface area contributed by atoms with E-state index < -0.39 is 0 Å². The molecule has 0 unspecified atom stereocenters. The fraction of sp³-hybridized carbons (Fsp3) is 0.389. The highest BCUT2D eigenvalue weighted by atomic mass is 16.5. The summed E-state index contributed by atoms with van der Waals surface area (Å²) in [5, 5.41) is 11.3. The number of benzene rings is 1. The van der Waals surface area contributed by atoms with E-state index in [2.05, 4.69) is 22.4 Å². The number of rotatable bonds is 7. The van der Waals surface area contributed by atoms with Gasteiger partial charge < -0.3 is 15.0 Å². The van der Waals surface area contributed by atoms with Crippen LogP contribution in [0.5, 0.6) is 5.75 Å². The highest BCUT2D eigenvalue weighted by Gasteiger charge is 2.13. The summed E-state index contributed by atoms with van der Waals surface area (Å²) in [6, 6.07) is 9.27. The zero-order chi connectivity index (χ0) is 17.5. The fourth-order valence-electron chi connectivity index (χ4n) is 2.26. The Morgan fingerprint density at radius 2 is 2.04 bits per heavy atom. The summed E-state index contributed by atoms with van der Waals surface area (Å²) in [5.41, 5.74) is 2.26. The topological polar surface area (TPSA) is 67.4 Å². The van der Waals surface area contributed by atoms with Crippen molar-refractivity contribution in [1.29, 1.82) is 0 Å². The molecule has 1 amide bonds. The maximum Gasteiger partial charge on any atom is 0.274 e. The van der Waals surface area contributed by atoms with Crippen LogP contribution in [-0.2, 0) is 0 Å². The molecule has 0 atom stereocenters. The van der Waals surface area contributed by atoms with Gasteiger partial charge in [0.2, 0.25) is 0 Å². The molecule has 0 radical (unpaired) electrons. The van der Waals surface area contributed by atoms with E-state index in [-0.39, 0.29) is 5.91 Å².